The van der Waals surface area contributed by atoms with Gasteiger partial charge in [0, 0.05) is 17.7 Å². The van der Waals surface area contributed by atoms with Crippen LogP contribution in [0.5, 0.6) is 0 Å². The van der Waals surface area contributed by atoms with Crippen molar-refractivity contribution in [3.05, 3.63) is 0 Å². The summed E-state index contributed by atoms with van der Waals surface area (Å²) in [5, 5.41) is 3.62. The molecule has 1 atom stereocenters. The number of carbonyl (C=O) groups is 1. The first kappa shape index (κ1) is 15.8. The Morgan fingerprint density at radius 3 is 2.06 bits per heavy atom. The molecule has 16 heavy (non-hydrogen) atoms. The molecule has 0 aliphatic carbocycles. The summed E-state index contributed by atoms with van der Waals surface area (Å²) in [4.78, 5) is 12.0. The molecule has 96 valence electrons. The lowest BCUT2D eigenvalue weighted by Crippen LogP contribution is -2.37. The van der Waals surface area contributed by atoms with Gasteiger partial charge in [-0.1, -0.05) is 27.7 Å². The Morgan fingerprint density at radius 2 is 1.69 bits per heavy atom. The van der Waals surface area contributed by atoms with Crippen molar-refractivity contribution in [3.8, 4) is 0 Å². The van der Waals surface area contributed by atoms with E-state index in [0.29, 0.717) is 11.2 Å². The van der Waals surface area contributed by atoms with Crippen LogP contribution in [0.4, 0.5) is 0 Å². The zero-order valence-corrected chi connectivity index (χ0v) is 12.4. The lowest BCUT2D eigenvalue weighted by molar-refractivity contribution is -0.125. The molecule has 0 rings (SSSR count). The third-order valence-electron chi connectivity index (χ3n) is 2.19. The Kier molecular flexibility index (Phi) is 7.90. The van der Waals surface area contributed by atoms with Gasteiger partial charge in [0.25, 0.3) is 0 Å². The first-order chi connectivity index (χ1) is 7.32. The first-order valence-electron chi connectivity index (χ1n) is 6.24. The van der Waals surface area contributed by atoms with E-state index in [0.717, 1.165) is 12.2 Å². The summed E-state index contributed by atoms with van der Waals surface area (Å²) in [5.74, 6) is 1.90. The number of rotatable bonds is 7. The van der Waals surface area contributed by atoms with E-state index in [1.807, 2.05) is 25.6 Å². The van der Waals surface area contributed by atoms with Crippen LogP contribution in [0.2, 0.25) is 0 Å². The molecule has 1 N–H and O–H groups in total. The summed E-state index contributed by atoms with van der Waals surface area (Å²) < 4.78 is 0. The van der Waals surface area contributed by atoms with Crippen LogP contribution in [-0.4, -0.2) is 23.0 Å². The van der Waals surface area contributed by atoms with Crippen LogP contribution in [0.25, 0.3) is 0 Å². The molecule has 0 spiro atoms. The minimum absolute atomic E-state index is 0.162. The Morgan fingerprint density at radius 1 is 1.12 bits per heavy atom. The second-order valence-electron chi connectivity index (χ2n) is 5.37. The van der Waals surface area contributed by atoms with Crippen LogP contribution in [0.3, 0.4) is 0 Å². The monoisotopic (exact) mass is 245 g/mol. The first-order valence-corrected chi connectivity index (χ1v) is 7.29. The number of hydrogen-bond donors (Lipinski definition) is 1. The van der Waals surface area contributed by atoms with E-state index in [1.54, 1.807) is 0 Å². The highest BCUT2D eigenvalue weighted by atomic mass is 32.2. The fourth-order valence-electron chi connectivity index (χ4n) is 1.53. The van der Waals surface area contributed by atoms with Crippen LogP contribution in [0.1, 0.15) is 48.0 Å². The quantitative estimate of drug-likeness (QED) is 0.745. The van der Waals surface area contributed by atoms with E-state index in [2.05, 4.69) is 33.0 Å². The summed E-state index contributed by atoms with van der Waals surface area (Å²) >= 11 is 1.88. The van der Waals surface area contributed by atoms with Crippen molar-refractivity contribution in [1.29, 1.82) is 0 Å². The number of hydrogen-bond acceptors (Lipinski definition) is 2. The van der Waals surface area contributed by atoms with Gasteiger partial charge < -0.3 is 5.32 Å². The van der Waals surface area contributed by atoms with Gasteiger partial charge in [0.05, 0.1) is 0 Å². The number of amides is 1. The maximum Gasteiger partial charge on any atom is 0.224 e. The van der Waals surface area contributed by atoms with Gasteiger partial charge in [-0.15, -0.1) is 0 Å². The summed E-state index contributed by atoms with van der Waals surface area (Å²) in [6.07, 6.45) is 0.984. The molecule has 3 heteroatoms. The van der Waals surface area contributed by atoms with Crippen LogP contribution in [-0.2, 0) is 4.79 Å². The summed E-state index contributed by atoms with van der Waals surface area (Å²) in [6.45, 7) is 12.7. The summed E-state index contributed by atoms with van der Waals surface area (Å²) in [7, 11) is 0. The topological polar surface area (TPSA) is 29.1 Å². The molecule has 0 aliphatic rings. The van der Waals surface area contributed by atoms with E-state index in [-0.39, 0.29) is 17.9 Å². The largest absolute Gasteiger partial charge is 0.354 e. The molecule has 0 aromatic carbocycles. The maximum absolute atomic E-state index is 12.0. The minimum Gasteiger partial charge on any atom is -0.354 e. The Balaban J connectivity index is 4.23. The SMILES string of the molecule is CC(C)C[C@@H](CSC(C)C)C(=O)NC(C)C. The van der Waals surface area contributed by atoms with Crippen molar-refractivity contribution in [3.63, 3.8) is 0 Å². The molecule has 0 aromatic heterocycles. The van der Waals surface area contributed by atoms with Gasteiger partial charge in [0.1, 0.15) is 0 Å². The average Bonchev–Trinajstić information content (AvgIpc) is 2.09. The van der Waals surface area contributed by atoms with Crippen LogP contribution >= 0.6 is 11.8 Å². The maximum atomic E-state index is 12.0. The molecule has 0 bridgehead atoms. The van der Waals surface area contributed by atoms with Crippen molar-refractivity contribution < 1.29 is 4.79 Å². The van der Waals surface area contributed by atoms with Crippen molar-refractivity contribution in [2.45, 2.75) is 59.3 Å². The Bertz CT molecular complexity index is 202. The molecular weight excluding hydrogens is 218 g/mol. The van der Waals surface area contributed by atoms with Gasteiger partial charge in [-0.3, -0.25) is 4.79 Å². The predicted molar refractivity (Wildman–Crippen MR) is 73.8 cm³/mol. The Labute approximate surface area is 105 Å². The van der Waals surface area contributed by atoms with Crippen LogP contribution in [0, 0.1) is 11.8 Å². The molecular formula is C13H27NOS. The third kappa shape index (κ3) is 8.03. The van der Waals surface area contributed by atoms with E-state index in [4.69, 9.17) is 0 Å². The van der Waals surface area contributed by atoms with Crippen molar-refractivity contribution in [1.82, 2.24) is 5.32 Å². The second kappa shape index (κ2) is 7.99. The standard InChI is InChI=1S/C13H27NOS/c1-9(2)7-12(8-16-11(5)6)13(15)14-10(3)4/h9-12H,7-8H2,1-6H3,(H,14,15)/t12-/m0/s1. The zero-order valence-electron chi connectivity index (χ0n) is 11.5. The molecule has 0 saturated heterocycles. The molecule has 0 heterocycles. The smallest absolute Gasteiger partial charge is 0.224 e. The fourth-order valence-corrected chi connectivity index (χ4v) is 2.44. The van der Waals surface area contributed by atoms with Gasteiger partial charge in [-0.2, -0.15) is 11.8 Å². The Hall–Kier alpha value is -0.180. The number of carbonyl (C=O) groups excluding carboxylic acids is 1. The van der Waals surface area contributed by atoms with Crippen molar-refractivity contribution >= 4 is 17.7 Å². The molecule has 0 fully saturated rings. The molecule has 0 saturated carbocycles. The normalized spacial score (nSPS) is 13.6. The van der Waals surface area contributed by atoms with E-state index in [1.165, 1.54) is 0 Å². The summed E-state index contributed by atoms with van der Waals surface area (Å²) in [5.41, 5.74) is 0. The molecule has 0 unspecified atom stereocenters. The van der Waals surface area contributed by atoms with E-state index < -0.39 is 0 Å². The average molecular weight is 245 g/mol. The predicted octanol–water partition coefficient (Wildman–Crippen LogP) is 3.31. The van der Waals surface area contributed by atoms with Crippen molar-refractivity contribution in [2.24, 2.45) is 11.8 Å². The summed E-state index contributed by atoms with van der Waals surface area (Å²) in [6, 6.07) is 0.242. The highest BCUT2D eigenvalue weighted by molar-refractivity contribution is 7.99. The number of nitrogens with one attached hydrogen (secondary N) is 1. The van der Waals surface area contributed by atoms with Gasteiger partial charge in [-0.05, 0) is 31.4 Å². The van der Waals surface area contributed by atoms with Crippen molar-refractivity contribution in [2.75, 3.05) is 5.75 Å². The number of thioether (sulfide) groups is 1. The van der Waals surface area contributed by atoms with E-state index >= 15 is 0 Å². The third-order valence-corrected chi connectivity index (χ3v) is 3.45. The second-order valence-corrected chi connectivity index (χ2v) is 6.98. The van der Waals surface area contributed by atoms with Gasteiger partial charge in [0.15, 0.2) is 0 Å². The highest BCUT2D eigenvalue weighted by Gasteiger charge is 2.20. The highest BCUT2D eigenvalue weighted by Crippen LogP contribution is 2.20. The molecule has 1 amide bonds. The van der Waals surface area contributed by atoms with Gasteiger partial charge >= 0.3 is 0 Å². The van der Waals surface area contributed by atoms with E-state index in [9.17, 15) is 4.79 Å². The minimum atomic E-state index is 0.162. The fraction of sp³-hybridized carbons (Fsp3) is 0.923. The van der Waals surface area contributed by atoms with Crippen LogP contribution in [0.15, 0.2) is 0 Å². The van der Waals surface area contributed by atoms with Gasteiger partial charge in [-0.25, -0.2) is 0 Å². The zero-order chi connectivity index (χ0) is 12.7. The van der Waals surface area contributed by atoms with Crippen LogP contribution < -0.4 is 5.32 Å². The van der Waals surface area contributed by atoms with Gasteiger partial charge in [0.2, 0.25) is 5.91 Å². The molecule has 0 aliphatic heterocycles. The lowest BCUT2D eigenvalue weighted by Gasteiger charge is -2.20. The lowest BCUT2D eigenvalue weighted by atomic mass is 9.98. The molecule has 2 nitrogen and oxygen atoms in total. The molecule has 0 aromatic rings. The molecule has 0 radical (unpaired) electrons.